The third kappa shape index (κ3) is 3.51. The van der Waals surface area contributed by atoms with E-state index >= 15 is 0 Å². The van der Waals surface area contributed by atoms with Gasteiger partial charge >= 0.3 is 5.69 Å². The second-order valence-electron chi connectivity index (χ2n) is 7.08. The van der Waals surface area contributed by atoms with Crippen LogP contribution in [0.25, 0.3) is 11.0 Å². The quantitative estimate of drug-likeness (QED) is 0.681. The van der Waals surface area contributed by atoms with Gasteiger partial charge in [0.1, 0.15) is 0 Å². The summed E-state index contributed by atoms with van der Waals surface area (Å²) in [7, 11) is 0. The van der Waals surface area contributed by atoms with Crippen molar-refractivity contribution >= 4 is 11.0 Å². The zero-order valence-corrected chi connectivity index (χ0v) is 14.5. The molecule has 0 radical (unpaired) electrons. The minimum atomic E-state index is -0.152. The molecule has 2 aromatic heterocycles. The molecule has 5 nitrogen and oxygen atoms in total. The Labute approximate surface area is 146 Å². The topological polar surface area (TPSA) is 73.6 Å². The lowest BCUT2D eigenvalue weighted by Gasteiger charge is -2.31. The molecule has 1 aliphatic rings. The minimum Gasteiger partial charge on any atom is -0.307 e. The van der Waals surface area contributed by atoms with Gasteiger partial charge in [0.25, 0.3) is 0 Å². The molecule has 0 saturated heterocycles. The number of imidazole rings is 1. The van der Waals surface area contributed by atoms with Gasteiger partial charge in [0.15, 0.2) is 0 Å². The molecule has 0 aliphatic heterocycles. The molecule has 0 amide bonds. The molecule has 1 atom stereocenters. The predicted molar refractivity (Wildman–Crippen MR) is 99.7 cm³/mol. The number of nitrogens with zero attached hydrogens (tertiary/aromatic N) is 1. The van der Waals surface area contributed by atoms with Gasteiger partial charge in [0, 0.05) is 29.9 Å². The largest absolute Gasteiger partial charge is 0.323 e. The van der Waals surface area contributed by atoms with Crippen molar-refractivity contribution in [3.63, 3.8) is 0 Å². The first-order valence-corrected chi connectivity index (χ1v) is 9.08. The van der Waals surface area contributed by atoms with Crippen LogP contribution in [0.5, 0.6) is 0 Å². The van der Waals surface area contributed by atoms with Crippen molar-refractivity contribution in [2.24, 2.45) is 0 Å². The first kappa shape index (κ1) is 16.1. The first-order valence-electron chi connectivity index (χ1n) is 9.08. The van der Waals surface area contributed by atoms with E-state index in [-0.39, 0.29) is 11.7 Å². The molecule has 4 rings (SSSR count). The Morgan fingerprint density at radius 1 is 1.08 bits per heavy atom. The molecule has 5 heteroatoms. The highest BCUT2D eigenvalue weighted by Crippen LogP contribution is 2.32. The van der Waals surface area contributed by atoms with E-state index in [1.807, 2.05) is 18.3 Å². The van der Waals surface area contributed by atoms with E-state index in [4.69, 9.17) is 0 Å². The SMILES string of the molecule is CC(NC1CCC(c2ccccn2)CC1)c1ccc2[nH]c(=O)[nH]c2c1. The summed E-state index contributed by atoms with van der Waals surface area (Å²) in [5.41, 5.74) is 4.01. The molecule has 3 N–H and O–H groups in total. The van der Waals surface area contributed by atoms with Crippen molar-refractivity contribution in [1.29, 1.82) is 0 Å². The Morgan fingerprint density at radius 2 is 1.88 bits per heavy atom. The zero-order chi connectivity index (χ0) is 17.2. The zero-order valence-electron chi connectivity index (χ0n) is 14.5. The molecule has 0 bridgehead atoms. The van der Waals surface area contributed by atoms with E-state index in [0.717, 1.165) is 11.0 Å². The molecular weight excluding hydrogens is 312 g/mol. The average Bonchev–Trinajstić information content (AvgIpc) is 3.02. The van der Waals surface area contributed by atoms with Crippen molar-refractivity contribution in [3.8, 4) is 0 Å². The second kappa shape index (κ2) is 6.84. The van der Waals surface area contributed by atoms with Crippen LogP contribution < -0.4 is 11.0 Å². The number of hydrogen-bond acceptors (Lipinski definition) is 3. The van der Waals surface area contributed by atoms with Crippen LogP contribution in [0.15, 0.2) is 47.4 Å². The van der Waals surface area contributed by atoms with Crippen LogP contribution in [-0.2, 0) is 0 Å². The first-order chi connectivity index (χ1) is 12.2. The number of pyridine rings is 1. The molecule has 1 saturated carbocycles. The summed E-state index contributed by atoms with van der Waals surface area (Å²) in [6.07, 6.45) is 6.62. The lowest BCUT2D eigenvalue weighted by Crippen LogP contribution is -2.34. The van der Waals surface area contributed by atoms with Crippen molar-refractivity contribution in [1.82, 2.24) is 20.3 Å². The van der Waals surface area contributed by atoms with Crippen LogP contribution in [0.3, 0.4) is 0 Å². The van der Waals surface area contributed by atoms with Gasteiger partial charge in [-0.05, 0) is 62.4 Å². The van der Waals surface area contributed by atoms with Gasteiger partial charge in [-0.3, -0.25) is 4.98 Å². The Morgan fingerprint density at radius 3 is 2.64 bits per heavy atom. The Balaban J connectivity index is 1.38. The van der Waals surface area contributed by atoms with Crippen molar-refractivity contribution in [3.05, 3.63) is 64.3 Å². The van der Waals surface area contributed by atoms with Crippen molar-refractivity contribution in [2.75, 3.05) is 0 Å². The van der Waals surface area contributed by atoms with Gasteiger partial charge < -0.3 is 15.3 Å². The molecular formula is C20H24N4O. The maximum absolute atomic E-state index is 11.4. The van der Waals surface area contributed by atoms with Crippen LogP contribution in [0.1, 0.15) is 55.8 Å². The van der Waals surface area contributed by atoms with E-state index < -0.39 is 0 Å². The summed E-state index contributed by atoms with van der Waals surface area (Å²) in [5.74, 6) is 0.593. The average molecular weight is 336 g/mol. The number of aromatic nitrogens is 3. The summed E-state index contributed by atoms with van der Waals surface area (Å²) in [6, 6.07) is 13.1. The summed E-state index contributed by atoms with van der Waals surface area (Å²) in [4.78, 5) is 21.5. The normalized spacial score (nSPS) is 22.1. The third-order valence-electron chi connectivity index (χ3n) is 5.36. The summed E-state index contributed by atoms with van der Waals surface area (Å²) in [6.45, 7) is 2.19. The molecule has 3 aromatic rings. The highest BCUT2D eigenvalue weighted by atomic mass is 16.1. The number of nitrogens with one attached hydrogen (secondary N) is 3. The van der Waals surface area contributed by atoms with Crippen molar-refractivity contribution < 1.29 is 0 Å². The maximum Gasteiger partial charge on any atom is 0.323 e. The molecule has 0 spiro atoms. The fourth-order valence-electron chi connectivity index (χ4n) is 3.94. The summed E-state index contributed by atoms with van der Waals surface area (Å²) >= 11 is 0. The number of H-pyrrole nitrogens is 2. The lowest BCUT2D eigenvalue weighted by atomic mass is 9.83. The Hall–Kier alpha value is -2.40. The van der Waals surface area contributed by atoms with Gasteiger partial charge in [0.2, 0.25) is 0 Å². The summed E-state index contributed by atoms with van der Waals surface area (Å²) < 4.78 is 0. The fourth-order valence-corrected chi connectivity index (χ4v) is 3.94. The molecule has 25 heavy (non-hydrogen) atoms. The van der Waals surface area contributed by atoms with Gasteiger partial charge in [-0.15, -0.1) is 0 Å². The highest BCUT2D eigenvalue weighted by Gasteiger charge is 2.24. The third-order valence-corrected chi connectivity index (χ3v) is 5.36. The highest BCUT2D eigenvalue weighted by molar-refractivity contribution is 5.75. The smallest absolute Gasteiger partial charge is 0.307 e. The van der Waals surface area contributed by atoms with Crippen LogP contribution in [0, 0.1) is 0 Å². The van der Waals surface area contributed by atoms with E-state index in [0.29, 0.717) is 12.0 Å². The summed E-state index contributed by atoms with van der Waals surface area (Å²) in [5, 5.41) is 3.76. The molecule has 2 heterocycles. The molecule has 1 aromatic carbocycles. The van der Waals surface area contributed by atoms with Crippen molar-refractivity contribution in [2.45, 2.75) is 50.6 Å². The number of rotatable bonds is 4. The van der Waals surface area contributed by atoms with E-state index in [1.165, 1.54) is 36.9 Å². The molecule has 1 aliphatic carbocycles. The van der Waals surface area contributed by atoms with Gasteiger partial charge in [-0.25, -0.2) is 4.79 Å². The number of fused-ring (bicyclic) bond motifs is 1. The van der Waals surface area contributed by atoms with E-state index in [9.17, 15) is 4.79 Å². The standard InChI is InChI=1S/C20H24N4O/c1-13(15-7-10-18-19(12-15)24-20(25)23-18)22-16-8-5-14(6-9-16)17-4-2-3-11-21-17/h2-4,7,10-14,16,22H,5-6,8-9H2,1H3,(H2,23,24,25). The second-order valence-corrected chi connectivity index (χ2v) is 7.08. The number of hydrogen-bond donors (Lipinski definition) is 3. The minimum absolute atomic E-state index is 0.152. The molecule has 130 valence electrons. The van der Waals surface area contributed by atoms with E-state index in [2.05, 4.69) is 51.5 Å². The number of benzene rings is 1. The molecule has 1 unspecified atom stereocenters. The van der Waals surface area contributed by atoms with Gasteiger partial charge in [0.05, 0.1) is 11.0 Å². The van der Waals surface area contributed by atoms with E-state index in [1.54, 1.807) is 0 Å². The molecule has 1 fully saturated rings. The lowest BCUT2D eigenvalue weighted by molar-refractivity contribution is 0.319. The van der Waals surface area contributed by atoms with Crippen LogP contribution in [-0.4, -0.2) is 21.0 Å². The Kier molecular flexibility index (Phi) is 4.40. The van der Waals surface area contributed by atoms with Gasteiger partial charge in [-0.2, -0.15) is 0 Å². The predicted octanol–water partition coefficient (Wildman–Crippen LogP) is 3.63. The van der Waals surface area contributed by atoms with Crippen LogP contribution in [0.2, 0.25) is 0 Å². The number of aromatic amines is 2. The Bertz CT molecular complexity index is 891. The van der Waals surface area contributed by atoms with Crippen LogP contribution >= 0.6 is 0 Å². The van der Waals surface area contributed by atoms with Gasteiger partial charge in [-0.1, -0.05) is 12.1 Å². The fraction of sp³-hybridized carbons (Fsp3) is 0.400. The maximum atomic E-state index is 11.4. The monoisotopic (exact) mass is 336 g/mol. The van der Waals surface area contributed by atoms with Crippen LogP contribution in [0.4, 0.5) is 0 Å².